The summed E-state index contributed by atoms with van der Waals surface area (Å²) in [4.78, 5) is 30.1. The third-order valence-electron chi connectivity index (χ3n) is 5.55. The molecule has 5 rings (SSSR count). The number of hydrogen-bond acceptors (Lipinski definition) is 11. The summed E-state index contributed by atoms with van der Waals surface area (Å²) >= 11 is 2.69. The highest BCUT2D eigenvalue weighted by atomic mass is 32.1. The molecule has 1 aliphatic rings. The zero-order chi connectivity index (χ0) is 26.6. The molecule has 13 heteroatoms. The van der Waals surface area contributed by atoms with E-state index >= 15 is 0 Å². The van der Waals surface area contributed by atoms with Gasteiger partial charge in [0.2, 0.25) is 10.1 Å². The van der Waals surface area contributed by atoms with Crippen LogP contribution >= 0.6 is 22.7 Å². The first-order valence-electron chi connectivity index (χ1n) is 12.0. The second kappa shape index (κ2) is 11.1. The van der Waals surface area contributed by atoms with E-state index < -0.39 is 5.91 Å². The standard InChI is InChI=1S/C25H23N7O4S2/c1-3-20-31-32-21(33)11-17(27-25(32)37-20)13-36-18-8-5-14(10-19(18)35-4-2)9-16(12-26)22(34)28-24-30-29-23(38-24)15-6-7-15/h5,8-11,15H,3-4,6-7,13H2,1-2H3,(H,28,30,34)/b16-9-. The van der Waals surface area contributed by atoms with Crippen molar-refractivity contribution in [2.75, 3.05) is 11.9 Å². The molecule has 1 aliphatic carbocycles. The summed E-state index contributed by atoms with van der Waals surface area (Å²) < 4.78 is 12.9. The first-order valence-corrected chi connectivity index (χ1v) is 13.7. The van der Waals surface area contributed by atoms with Crippen LogP contribution in [0.2, 0.25) is 0 Å². The normalized spacial score (nSPS) is 13.3. The van der Waals surface area contributed by atoms with E-state index in [1.807, 2.05) is 19.9 Å². The number of amides is 1. The van der Waals surface area contributed by atoms with Gasteiger partial charge < -0.3 is 9.47 Å². The number of anilines is 1. The SMILES string of the molecule is CCOc1cc(/C=C(/C#N)C(=O)Nc2nnc(C3CC3)s2)ccc1OCc1cc(=O)n2nc(CC)sc2n1. The Balaban J connectivity index is 1.31. The minimum atomic E-state index is -0.564. The lowest BCUT2D eigenvalue weighted by Gasteiger charge is -2.12. The molecule has 1 amide bonds. The highest BCUT2D eigenvalue weighted by Gasteiger charge is 2.28. The van der Waals surface area contributed by atoms with Gasteiger partial charge in [-0.3, -0.25) is 14.9 Å². The molecule has 1 aromatic carbocycles. The Morgan fingerprint density at radius 3 is 2.79 bits per heavy atom. The number of nitrogens with one attached hydrogen (secondary N) is 1. The van der Waals surface area contributed by atoms with Gasteiger partial charge in [-0.2, -0.15) is 14.9 Å². The third kappa shape index (κ3) is 5.71. The fraction of sp³-hybridized carbons (Fsp3) is 0.320. The molecule has 0 spiro atoms. The van der Waals surface area contributed by atoms with E-state index in [1.165, 1.54) is 39.3 Å². The summed E-state index contributed by atoms with van der Waals surface area (Å²) in [5, 5.41) is 26.7. The Labute approximate surface area is 225 Å². The second-order valence-electron chi connectivity index (χ2n) is 8.40. The summed E-state index contributed by atoms with van der Waals surface area (Å²) in [7, 11) is 0. The van der Waals surface area contributed by atoms with E-state index in [2.05, 4.69) is 25.6 Å². The van der Waals surface area contributed by atoms with Crippen molar-refractivity contribution < 1.29 is 14.3 Å². The van der Waals surface area contributed by atoms with E-state index in [0.29, 0.717) is 45.4 Å². The van der Waals surface area contributed by atoms with Gasteiger partial charge in [-0.15, -0.1) is 10.2 Å². The van der Waals surface area contributed by atoms with Gasteiger partial charge >= 0.3 is 0 Å². The number of fused-ring (bicyclic) bond motifs is 1. The number of nitriles is 1. The molecule has 0 atom stereocenters. The van der Waals surface area contributed by atoms with Crippen LogP contribution in [0.3, 0.4) is 0 Å². The largest absolute Gasteiger partial charge is 0.490 e. The fourth-order valence-electron chi connectivity index (χ4n) is 3.53. The number of nitrogens with zero attached hydrogens (tertiary/aromatic N) is 6. The second-order valence-corrected chi connectivity index (χ2v) is 10.5. The lowest BCUT2D eigenvalue weighted by molar-refractivity contribution is -0.112. The van der Waals surface area contributed by atoms with Crippen LogP contribution in [0, 0.1) is 11.3 Å². The predicted molar refractivity (Wildman–Crippen MR) is 143 cm³/mol. The van der Waals surface area contributed by atoms with Gasteiger partial charge in [0.15, 0.2) is 11.5 Å². The summed E-state index contributed by atoms with van der Waals surface area (Å²) in [6.45, 7) is 4.23. The van der Waals surface area contributed by atoms with Crippen LogP contribution in [0.1, 0.15) is 53.9 Å². The third-order valence-corrected chi connectivity index (χ3v) is 7.60. The summed E-state index contributed by atoms with van der Waals surface area (Å²) in [5.41, 5.74) is 0.698. The lowest BCUT2D eigenvalue weighted by atomic mass is 10.1. The van der Waals surface area contributed by atoms with Gasteiger partial charge in [0.25, 0.3) is 11.5 Å². The maximum Gasteiger partial charge on any atom is 0.275 e. The smallest absolute Gasteiger partial charge is 0.275 e. The number of ether oxygens (including phenoxy) is 2. The highest BCUT2D eigenvalue weighted by Crippen LogP contribution is 2.42. The van der Waals surface area contributed by atoms with Crippen molar-refractivity contribution in [1.29, 1.82) is 5.26 Å². The van der Waals surface area contributed by atoms with Crippen LogP contribution in [0.25, 0.3) is 11.0 Å². The number of aryl methyl sites for hydroxylation is 1. The van der Waals surface area contributed by atoms with E-state index in [4.69, 9.17) is 9.47 Å². The van der Waals surface area contributed by atoms with E-state index in [9.17, 15) is 14.9 Å². The first-order chi connectivity index (χ1) is 18.5. The Morgan fingerprint density at radius 2 is 2.05 bits per heavy atom. The van der Waals surface area contributed by atoms with Gasteiger partial charge in [-0.1, -0.05) is 35.7 Å². The van der Waals surface area contributed by atoms with Crippen LogP contribution in [0.15, 0.2) is 34.6 Å². The van der Waals surface area contributed by atoms with Gasteiger partial charge in [0.05, 0.1) is 12.3 Å². The molecular weight excluding hydrogens is 526 g/mol. The number of aromatic nitrogens is 5. The molecule has 3 heterocycles. The summed E-state index contributed by atoms with van der Waals surface area (Å²) in [6.07, 6.45) is 4.36. The summed E-state index contributed by atoms with van der Waals surface area (Å²) in [5.74, 6) is 0.740. The zero-order valence-corrected chi connectivity index (χ0v) is 22.3. The Kier molecular flexibility index (Phi) is 7.43. The Bertz CT molecular complexity index is 1630. The highest BCUT2D eigenvalue weighted by molar-refractivity contribution is 7.16. The monoisotopic (exact) mass is 549 g/mol. The van der Waals surface area contributed by atoms with Crippen LogP contribution in [-0.4, -0.2) is 37.3 Å². The lowest BCUT2D eigenvalue weighted by Crippen LogP contribution is -2.16. The Hall–Kier alpha value is -4.15. The van der Waals surface area contributed by atoms with Gasteiger partial charge in [-0.25, -0.2) is 4.98 Å². The average Bonchev–Trinajstić information content (AvgIpc) is 3.50. The molecule has 1 N–H and O–H groups in total. The maximum absolute atomic E-state index is 12.7. The minimum Gasteiger partial charge on any atom is -0.490 e. The van der Waals surface area contributed by atoms with Crippen molar-refractivity contribution in [3.8, 4) is 17.6 Å². The van der Waals surface area contributed by atoms with Crippen molar-refractivity contribution in [2.45, 2.75) is 45.6 Å². The van der Waals surface area contributed by atoms with E-state index in [0.717, 1.165) is 29.3 Å². The van der Waals surface area contributed by atoms with Crippen LogP contribution < -0.4 is 20.3 Å². The predicted octanol–water partition coefficient (Wildman–Crippen LogP) is 3.97. The molecule has 1 saturated carbocycles. The van der Waals surface area contributed by atoms with Crippen LogP contribution in [-0.2, 0) is 17.8 Å². The molecule has 4 aromatic rings. The van der Waals surface area contributed by atoms with Crippen LogP contribution in [0.4, 0.5) is 5.13 Å². The van der Waals surface area contributed by atoms with Crippen molar-refractivity contribution >= 4 is 44.7 Å². The molecule has 194 valence electrons. The molecule has 3 aromatic heterocycles. The molecule has 0 aliphatic heterocycles. The average molecular weight is 550 g/mol. The van der Waals surface area contributed by atoms with E-state index in [1.54, 1.807) is 18.2 Å². The van der Waals surface area contributed by atoms with Crippen molar-refractivity contribution in [3.63, 3.8) is 0 Å². The molecule has 0 bridgehead atoms. The molecule has 0 saturated heterocycles. The molecule has 38 heavy (non-hydrogen) atoms. The van der Waals surface area contributed by atoms with Gasteiger partial charge in [0.1, 0.15) is 28.3 Å². The summed E-state index contributed by atoms with van der Waals surface area (Å²) in [6, 6.07) is 8.41. The number of hydrogen-bond donors (Lipinski definition) is 1. The number of benzene rings is 1. The Morgan fingerprint density at radius 1 is 1.21 bits per heavy atom. The van der Waals surface area contributed by atoms with Crippen LogP contribution in [0.5, 0.6) is 11.5 Å². The topological polar surface area (TPSA) is 144 Å². The fourth-order valence-corrected chi connectivity index (χ4v) is 5.29. The van der Waals surface area contributed by atoms with Crippen molar-refractivity contribution in [1.82, 2.24) is 24.8 Å². The maximum atomic E-state index is 12.7. The zero-order valence-electron chi connectivity index (χ0n) is 20.6. The molecule has 0 unspecified atom stereocenters. The number of carbonyl (C=O) groups is 1. The van der Waals surface area contributed by atoms with Gasteiger partial charge in [0, 0.05) is 12.0 Å². The van der Waals surface area contributed by atoms with Crippen molar-refractivity contribution in [2.24, 2.45) is 0 Å². The number of rotatable bonds is 10. The quantitative estimate of drug-likeness (QED) is 0.229. The van der Waals surface area contributed by atoms with Gasteiger partial charge in [-0.05, 0) is 50.0 Å². The van der Waals surface area contributed by atoms with E-state index in [-0.39, 0.29) is 17.7 Å². The first kappa shape index (κ1) is 25.5. The molecule has 11 nitrogen and oxygen atoms in total. The molecular formula is C25H23N7O4S2. The molecule has 1 fully saturated rings. The minimum absolute atomic E-state index is 0.0525. The van der Waals surface area contributed by atoms with Crippen molar-refractivity contribution in [3.05, 3.63) is 61.5 Å². The molecule has 0 radical (unpaired) electrons. The number of carbonyl (C=O) groups excluding carboxylic acids is 1.